The number of sulfonamides is 1. The fourth-order valence-corrected chi connectivity index (χ4v) is 2.50. The second-order valence-electron chi connectivity index (χ2n) is 4.21. The van der Waals surface area contributed by atoms with Gasteiger partial charge in [0.1, 0.15) is 0 Å². The molecule has 1 saturated carbocycles. The van der Waals surface area contributed by atoms with E-state index in [0.717, 1.165) is 0 Å². The largest absolute Gasteiger partial charge is 0.481 e. The molecule has 1 aliphatic rings. The first kappa shape index (κ1) is 14.3. The maximum atomic E-state index is 12.0. The summed E-state index contributed by atoms with van der Waals surface area (Å²) in [4.78, 5) is 10.7. The van der Waals surface area contributed by atoms with Gasteiger partial charge in [-0.15, -0.1) is 0 Å². The maximum Gasteiger partial charge on any atom is 0.350 e. The van der Waals surface area contributed by atoms with Crippen LogP contribution in [0.1, 0.15) is 25.7 Å². The molecule has 1 aliphatic carbocycles. The third-order valence-corrected chi connectivity index (χ3v) is 4.04. The van der Waals surface area contributed by atoms with Crippen LogP contribution in [-0.2, 0) is 14.8 Å². The average Bonchev–Trinajstić information content (AvgIpc) is 2.27. The van der Waals surface area contributed by atoms with Crippen molar-refractivity contribution in [2.45, 2.75) is 31.4 Å². The Morgan fingerprint density at radius 1 is 1.29 bits per heavy atom. The summed E-state index contributed by atoms with van der Waals surface area (Å²) in [6.07, 6.45) is 2.03. The summed E-state index contributed by atoms with van der Waals surface area (Å²) < 4.78 is 47.4. The Morgan fingerprint density at radius 2 is 1.82 bits per heavy atom. The summed E-state index contributed by atoms with van der Waals surface area (Å²) in [5.74, 6) is -4.72. The number of carbonyl (C=O) groups is 1. The molecule has 0 heterocycles. The van der Waals surface area contributed by atoms with Gasteiger partial charge >= 0.3 is 11.7 Å². The Balaban J connectivity index is 2.35. The van der Waals surface area contributed by atoms with Crippen LogP contribution in [0.5, 0.6) is 0 Å². The molecule has 0 amide bonds. The van der Waals surface area contributed by atoms with Crippen molar-refractivity contribution in [3.05, 3.63) is 0 Å². The molecule has 0 unspecified atom stereocenters. The SMILES string of the molecule is O=C(O)C1CCC(CNS(=O)(=O)C(F)F)CC1. The zero-order chi connectivity index (χ0) is 13.1. The molecule has 17 heavy (non-hydrogen) atoms. The second-order valence-corrected chi connectivity index (χ2v) is 5.95. The van der Waals surface area contributed by atoms with E-state index in [2.05, 4.69) is 0 Å². The predicted molar refractivity (Wildman–Crippen MR) is 56.0 cm³/mol. The summed E-state index contributed by atoms with van der Waals surface area (Å²) in [5, 5.41) is 8.75. The topological polar surface area (TPSA) is 83.5 Å². The van der Waals surface area contributed by atoms with E-state index in [-0.39, 0.29) is 12.5 Å². The summed E-state index contributed by atoms with van der Waals surface area (Å²) in [6.45, 7) is -0.0426. The highest BCUT2D eigenvalue weighted by Crippen LogP contribution is 2.28. The average molecular weight is 271 g/mol. The number of alkyl halides is 2. The molecule has 0 spiro atoms. The number of carboxylic acid groups (broad SMARTS) is 1. The molecule has 0 radical (unpaired) electrons. The van der Waals surface area contributed by atoms with Crippen molar-refractivity contribution >= 4 is 16.0 Å². The van der Waals surface area contributed by atoms with Crippen LogP contribution in [0.3, 0.4) is 0 Å². The smallest absolute Gasteiger partial charge is 0.350 e. The van der Waals surface area contributed by atoms with Crippen LogP contribution in [0.4, 0.5) is 8.78 Å². The molecule has 8 heteroatoms. The number of halogens is 2. The van der Waals surface area contributed by atoms with E-state index >= 15 is 0 Å². The minimum atomic E-state index is -4.53. The Bertz CT molecular complexity index is 363. The molecular formula is C9H15F2NO4S. The maximum absolute atomic E-state index is 12.0. The van der Waals surface area contributed by atoms with Gasteiger partial charge in [-0.25, -0.2) is 13.1 Å². The molecule has 0 aromatic rings. The van der Waals surface area contributed by atoms with Gasteiger partial charge in [0.25, 0.3) is 10.0 Å². The van der Waals surface area contributed by atoms with E-state index in [1.165, 1.54) is 0 Å². The molecule has 0 aromatic heterocycles. The Labute approximate surface area is 98.3 Å². The number of nitrogens with one attached hydrogen (secondary N) is 1. The third-order valence-electron chi connectivity index (χ3n) is 3.00. The van der Waals surface area contributed by atoms with Crippen molar-refractivity contribution in [2.75, 3.05) is 6.54 Å². The molecular weight excluding hydrogens is 256 g/mol. The van der Waals surface area contributed by atoms with Crippen LogP contribution < -0.4 is 4.72 Å². The van der Waals surface area contributed by atoms with Gasteiger partial charge in [-0.3, -0.25) is 4.79 Å². The summed E-state index contributed by atoms with van der Waals surface area (Å²) in [5.41, 5.74) is 0. The lowest BCUT2D eigenvalue weighted by Gasteiger charge is -2.25. The van der Waals surface area contributed by atoms with Crippen LogP contribution in [0.25, 0.3) is 0 Å². The Morgan fingerprint density at radius 3 is 2.24 bits per heavy atom. The molecule has 100 valence electrons. The van der Waals surface area contributed by atoms with Crippen LogP contribution in [-0.4, -0.2) is 31.8 Å². The van der Waals surface area contributed by atoms with Crippen molar-refractivity contribution in [2.24, 2.45) is 11.8 Å². The first-order valence-corrected chi connectivity index (χ1v) is 6.87. The molecule has 5 nitrogen and oxygen atoms in total. The number of rotatable bonds is 5. The van der Waals surface area contributed by atoms with E-state index in [1.807, 2.05) is 4.72 Å². The van der Waals surface area contributed by atoms with Gasteiger partial charge in [0, 0.05) is 6.54 Å². The zero-order valence-corrected chi connectivity index (χ0v) is 9.92. The number of carboxylic acids is 1. The minimum Gasteiger partial charge on any atom is -0.481 e. The van der Waals surface area contributed by atoms with E-state index in [0.29, 0.717) is 25.7 Å². The van der Waals surface area contributed by atoms with Crippen LogP contribution >= 0.6 is 0 Å². The molecule has 1 rings (SSSR count). The zero-order valence-electron chi connectivity index (χ0n) is 9.10. The molecule has 1 fully saturated rings. The number of hydrogen-bond acceptors (Lipinski definition) is 3. The highest BCUT2D eigenvalue weighted by atomic mass is 32.2. The number of aliphatic carboxylic acids is 1. The molecule has 0 bridgehead atoms. The molecule has 0 aromatic carbocycles. The standard InChI is InChI=1S/C9H15F2NO4S/c10-9(11)17(15,16)12-5-6-1-3-7(4-2-6)8(13)14/h6-7,9,12H,1-5H2,(H,13,14). The fourth-order valence-electron chi connectivity index (χ4n) is 1.91. The van der Waals surface area contributed by atoms with Gasteiger partial charge in [-0.1, -0.05) is 0 Å². The third kappa shape index (κ3) is 4.19. The van der Waals surface area contributed by atoms with Gasteiger partial charge in [-0.05, 0) is 31.6 Å². The van der Waals surface area contributed by atoms with Gasteiger partial charge in [0.15, 0.2) is 0 Å². The molecule has 0 saturated heterocycles. The Hall–Kier alpha value is -0.760. The second kappa shape index (κ2) is 5.72. The monoisotopic (exact) mass is 271 g/mol. The van der Waals surface area contributed by atoms with Crippen molar-refractivity contribution in [3.63, 3.8) is 0 Å². The predicted octanol–water partition coefficient (Wildman–Crippen LogP) is 1.02. The first-order chi connectivity index (χ1) is 7.83. The highest BCUT2D eigenvalue weighted by Gasteiger charge is 2.28. The van der Waals surface area contributed by atoms with Gasteiger partial charge in [-0.2, -0.15) is 8.78 Å². The normalized spacial score (nSPS) is 26.1. The van der Waals surface area contributed by atoms with E-state index in [4.69, 9.17) is 5.11 Å². The minimum absolute atomic E-state index is 0.0426. The first-order valence-electron chi connectivity index (χ1n) is 5.32. The van der Waals surface area contributed by atoms with Crippen molar-refractivity contribution in [3.8, 4) is 0 Å². The fraction of sp³-hybridized carbons (Fsp3) is 0.889. The van der Waals surface area contributed by atoms with Crippen LogP contribution in [0, 0.1) is 11.8 Å². The summed E-state index contributed by atoms with van der Waals surface area (Å²) >= 11 is 0. The number of hydrogen-bond donors (Lipinski definition) is 2. The van der Waals surface area contributed by atoms with Gasteiger partial charge < -0.3 is 5.11 Å². The highest BCUT2D eigenvalue weighted by molar-refractivity contribution is 7.89. The summed E-state index contributed by atoms with van der Waals surface area (Å²) in [6, 6.07) is 0. The molecule has 0 aliphatic heterocycles. The van der Waals surface area contributed by atoms with Gasteiger partial charge in [0.2, 0.25) is 0 Å². The summed E-state index contributed by atoms with van der Waals surface area (Å²) in [7, 11) is -4.53. The van der Waals surface area contributed by atoms with Crippen molar-refractivity contribution in [1.29, 1.82) is 0 Å². The molecule has 0 atom stereocenters. The van der Waals surface area contributed by atoms with E-state index < -0.39 is 27.7 Å². The lowest BCUT2D eigenvalue weighted by Crippen LogP contribution is -2.35. The quantitative estimate of drug-likeness (QED) is 0.782. The lowest BCUT2D eigenvalue weighted by atomic mass is 9.82. The van der Waals surface area contributed by atoms with Crippen LogP contribution in [0.2, 0.25) is 0 Å². The lowest BCUT2D eigenvalue weighted by molar-refractivity contribution is -0.143. The Kier molecular flexibility index (Phi) is 4.81. The van der Waals surface area contributed by atoms with E-state index in [9.17, 15) is 22.0 Å². The van der Waals surface area contributed by atoms with Gasteiger partial charge in [0.05, 0.1) is 5.92 Å². The molecule has 2 N–H and O–H groups in total. The van der Waals surface area contributed by atoms with Crippen molar-refractivity contribution in [1.82, 2.24) is 4.72 Å². The van der Waals surface area contributed by atoms with Crippen LogP contribution in [0.15, 0.2) is 0 Å². The van der Waals surface area contributed by atoms with E-state index in [1.54, 1.807) is 0 Å². The van der Waals surface area contributed by atoms with Crippen molar-refractivity contribution < 1.29 is 27.1 Å².